The molecule has 2 rings (SSSR count). The Hall–Kier alpha value is -1.54. The minimum atomic E-state index is -0.00772. The lowest BCUT2D eigenvalue weighted by molar-refractivity contribution is -0.118. The number of carbonyl (C=O) groups excluding carboxylic acids is 1. The summed E-state index contributed by atoms with van der Waals surface area (Å²) in [4.78, 5) is 12.9. The second kappa shape index (κ2) is 7.91. The fourth-order valence-corrected chi connectivity index (χ4v) is 2.87. The van der Waals surface area contributed by atoms with E-state index >= 15 is 0 Å². The van der Waals surface area contributed by atoms with Gasteiger partial charge in [0.15, 0.2) is 0 Å². The maximum Gasteiger partial charge on any atom is 0.230 e. The predicted molar refractivity (Wildman–Crippen MR) is 79.7 cm³/mol. The Labute approximate surface area is 125 Å². The predicted octanol–water partition coefficient (Wildman–Crippen LogP) is 1.21. The number of carbonyl (C=O) groups is 1. The van der Waals surface area contributed by atoms with Gasteiger partial charge in [0, 0.05) is 24.2 Å². The summed E-state index contributed by atoms with van der Waals surface area (Å²) in [6.45, 7) is 0.649. The van der Waals surface area contributed by atoms with Crippen molar-refractivity contribution in [1.82, 2.24) is 25.5 Å². The lowest BCUT2D eigenvalue weighted by Gasteiger charge is -2.04. The van der Waals surface area contributed by atoms with Crippen molar-refractivity contribution >= 4 is 29.4 Å². The topological polar surface area (TPSA) is 72.7 Å². The van der Waals surface area contributed by atoms with Gasteiger partial charge in [0.05, 0.1) is 5.75 Å². The zero-order chi connectivity index (χ0) is 14.2. The largest absolute Gasteiger partial charge is 0.355 e. The summed E-state index contributed by atoms with van der Waals surface area (Å²) in [6, 6.07) is 10.1. The molecule has 0 aliphatic carbocycles. The quantitative estimate of drug-likeness (QED) is 0.612. The van der Waals surface area contributed by atoms with Crippen molar-refractivity contribution in [3.63, 3.8) is 0 Å². The highest BCUT2D eigenvalue weighted by Crippen LogP contribution is 2.16. The van der Waals surface area contributed by atoms with Gasteiger partial charge in [-0.3, -0.25) is 4.79 Å². The van der Waals surface area contributed by atoms with E-state index in [1.807, 2.05) is 18.2 Å². The fraction of sp³-hybridized carbons (Fsp3) is 0.333. The van der Waals surface area contributed by atoms with Gasteiger partial charge in [0.25, 0.3) is 0 Å². The van der Waals surface area contributed by atoms with Crippen LogP contribution in [-0.4, -0.2) is 44.2 Å². The Balaban J connectivity index is 1.60. The summed E-state index contributed by atoms with van der Waals surface area (Å²) >= 11 is 3.05. The molecule has 1 amide bonds. The number of benzene rings is 1. The molecule has 0 aliphatic rings. The SMILES string of the molecule is Cn1nnnc1SCC(=O)NCCSc1ccccc1. The number of amides is 1. The van der Waals surface area contributed by atoms with Crippen molar-refractivity contribution in [2.45, 2.75) is 10.1 Å². The lowest BCUT2D eigenvalue weighted by atomic mass is 10.4. The van der Waals surface area contributed by atoms with Crippen LogP contribution in [0.1, 0.15) is 0 Å². The monoisotopic (exact) mass is 309 g/mol. The molecule has 20 heavy (non-hydrogen) atoms. The normalized spacial score (nSPS) is 10.4. The summed E-state index contributed by atoms with van der Waals surface area (Å²) in [5.74, 6) is 1.17. The Morgan fingerprint density at radius 2 is 2.10 bits per heavy atom. The van der Waals surface area contributed by atoms with E-state index in [4.69, 9.17) is 0 Å². The van der Waals surface area contributed by atoms with E-state index in [1.54, 1.807) is 23.5 Å². The molecule has 0 fully saturated rings. The molecule has 0 bridgehead atoms. The highest BCUT2D eigenvalue weighted by atomic mass is 32.2. The molecule has 1 aromatic carbocycles. The van der Waals surface area contributed by atoms with Gasteiger partial charge in [-0.1, -0.05) is 30.0 Å². The number of nitrogens with one attached hydrogen (secondary N) is 1. The van der Waals surface area contributed by atoms with Crippen LogP contribution in [-0.2, 0) is 11.8 Å². The van der Waals surface area contributed by atoms with E-state index in [0.29, 0.717) is 17.5 Å². The Bertz CT molecular complexity index is 546. The maximum absolute atomic E-state index is 11.6. The molecule has 1 heterocycles. The minimum Gasteiger partial charge on any atom is -0.355 e. The van der Waals surface area contributed by atoms with Gasteiger partial charge >= 0.3 is 0 Å². The van der Waals surface area contributed by atoms with Crippen LogP contribution < -0.4 is 5.32 Å². The third-order valence-electron chi connectivity index (χ3n) is 2.35. The van der Waals surface area contributed by atoms with Crippen molar-refractivity contribution in [3.05, 3.63) is 30.3 Å². The van der Waals surface area contributed by atoms with Gasteiger partial charge in [0.1, 0.15) is 0 Å². The van der Waals surface area contributed by atoms with E-state index < -0.39 is 0 Å². The molecule has 0 saturated carbocycles. The molecule has 1 N–H and O–H groups in total. The fourth-order valence-electron chi connectivity index (χ4n) is 1.40. The van der Waals surface area contributed by atoms with Gasteiger partial charge in [-0.2, -0.15) is 0 Å². The zero-order valence-electron chi connectivity index (χ0n) is 11.0. The van der Waals surface area contributed by atoms with Gasteiger partial charge in [-0.25, -0.2) is 4.68 Å². The summed E-state index contributed by atoms with van der Waals surface area (Å²) in [5.41, 5.74) is 0. The van der Waals surface area contributed by atoms with Crippen LogP contribution in [0.5, 0.6) is 0 Å². The van der Waals surface area contributed by atoms with Crippen LogP contribution in [0.15, 0.2) is 40.4 Å². The molecule has 0 unspecified atom stereocenters. The van der Waals surface area contributed by atoms with E-state index in [0.717, 1.165) is 5.75 Å². The number of hydrogen-bond donors (Lipinski definition) is 1. The molecule has 8 heteroatoms. The van der Waals surface area contributed by atoms with Crippen molar-refractivity contribution in [1.29, 1.82) is 0 Å². The van der Waals surface area contributed by atoms with E-state index in [2.05, 4.69) is 33.0 Å². The molecule has 0 aliphatic heterocycles. The Kier molecular flexibility index (Phi) is 5.87. The molecule has 0 radical (unpaired) electrons. The summed E-state index contributed by atoms with van der Waals surface area (Å²) in [5, 5.41) is 14.5. The number of tetrazole rings is 1. The average molecular weight is 309 g/mol. The number of rotatable bonds is 7. The number of thioether (sulfide) groups is 2. The average Bonchev–Trinajstić information content (AvgIpc) is 2.88. The highest BCUT2D eigenvalue weighted by molar-refractivity contribution is 7.99. The second-order valence-electron chi connectivity index (χ2n) is 3.89. The Morgan fingerprint density at radius 1 is 1.30 bits per heavy atom. The van der Waals surface area contributed by atoms with Crippen molar-refractivity contribution in [2.24, 2.45) is 7.05 Å². The van der Waals surface area contributed by atoms with Gasteiger partial charge < -0.3 is 5.32 Å². The van der Waals surface area contributed by atoms with Crippen LogP contribution in [0, 0.1) is 0 Å². The lowest BCUT2D eigenvalue weighted by Crippen LogP contribution is -2.27. The molecule has 2 aromatic rings. The molecular formula is C12H15N5OS2. The first-order valence-electron chi connectivity index (χ1n) is 6.05. The number of nitrogens with zero attached hydrogens (tertiary/aromatic N) is 4. The van der Waals surface area contributed by atoms with Crippen molar-refractivity contribution < 1.29 is 4.79 Å². The summed E-state index contributed by atoms with van der Waals surface area (Å²) in [6.07, 6.45) is 0. The second-order valence-corrected chi connectivity index (χ2v) is 6.00. The van der Waals surface area contributed by atoms with Crippen LogP contribution in [0.25, 0.3) is 0 Å². The molecule has 0 atom stereocenters. The molecule has 0 spiro atoms. The van der Waals surface area contributed by atoms with Gasteiger partial charge in [0.2, 0.25) is 11.1 Å². The molecule has 0 saturated heterocycles. The number of aromatic nitrogens is 4. The van der Waals surface area contributed by atoms with E-state index in [-0.39, 0.29) is 5.91 Å². The first-order chi connectivity index (χ1) is 9.75. The van der Waals surface area contributed by atoms with Crippen molar-refractivity contribution in [2.75, 3.05) is 18.1 Å². The van der Waals surface area contributed by atoms with Gasteiger partial charge in [-0.05, 0) is 22.6 Å². The first-order valence-corrected chi connectivity index (χ1v) is 8.02. The summed E-state index contributed by atoms with van der Waals surface area (Å²) in [7, 11) is 1.75. The van der Waals surface area contributed by atoms with E-state index in [1.165, 1.54) is 16.7 Å². The molecule has 1 aromatic heterocycles. The molecule has 6 nitrogen and oxygen atoms in total. The standard InChI is InChI=1S/C12H15N5OS2/c1-17-12(14-15-16-17)20-9-11(18)13-7-8-19-10-5-3-2-4-6-10/h2-6H,7-9H2,1H3,(H,13,18). The smallest absolute Gasteiger partial charge is 0.230 e. The number of hydrogen-bond acceptors (Lipinski definition) is 6. The minimum absolute atomic E-state index is 0.00772. The van der Waals surface area contributed by atoms with Crippen LogP contribution in [0.3, 0.4) is 0 Å². The first kappa shape index (κ1) is 14.9. The molecular weight excluding hydrogens is 294 g/mol. The third-order valence-corrected chi connectivity index (χ3v) is 4.37. The van der Waals surface area contributed by atoms with Crippen molar-refractivity contribution in [3.8, 4) is 0 Å². The highest BCUT2D eigenvalue weighted by Gasteiger charge is 2.07. The van der Waals surface area contributed by atoms with Crippen LogP contribution in [0.2, 0.25) is 0 Å². The Morgan fingerprint density at radius 3 is 2.80 bits per heavy atom. The number of aryl methyl sites for hydroxylation is 1. The van der Waals surface area contributed by atoms with E-state index in [9.17, 15) is 4.79 Å². The van der Waals surface area contributed by atoms with Crippen LogP contribution >= 0.6 is 23.5 Å². The zero-order valence-corrected chi connectivity index (χ0v) is 12.7. The van der Waals surface area contributed by atoms with Gasteiger partial charge in [-0.15, -0.1) is 16.9 Å². The third kappa shape index (κ3) is 4.86. The van der Waals surface area contributed by atoms with Crippen LogP contribution in [0.4, 0.5) is 0 Å². The summed E-state index contributed by atoms with van der Waals surface area (Å²) < 4.78 is 1.54. The maximum atomic E-state index is 11.6. The molecule has 106 valence electrons.